The molecule has 2 rings (SSSR count). The number of benzene rings is 2. The van der Waals surface area contributed by atoms with Crippen molar-refractivity contribution in [2.75, 3.05) is 27.2 Å². The van der Waals surface area contributed by atoms with Crippen molar-refractivity contribution in [2.24, 2.45) is 4.99 Å². The van der Waals surface area contributed by atoms with E-state index >= 15 is 0 Å². The van der Waals surface area contributed by atoms with E-state index in [0.717, 1.165) is 5.56 Å². The summed E-state index contributed by atoms with van der Waals surface area (Å²) < 4.78 is 26.3. The van der Waals surface area contributed by atoms with Gasteiger partial charge in [-0.1, -0.05) is 48.5 Å². The maximum atomic E-state index is 12.6. The molecule has 0 bridgehead atoms. The molecule has 0 aliphatic rings. The van der Waals surface area contributed by atoms with Gasteiger partial charge in [-0.3, -0.25) is 0 Å². The second kappa shape index (κ2) is 11.6. The number of aliphatic imine (C=N–C) groups is 1. The Labute approximate surface area is 196 Å². The fraction of sp³-hybridized carbons (Fsp3) is 0.381. The molecule has 30 heavy (non-hydrogen) atoms. The quantitative estimate of drug-likeness (QED) is 0.269. The molecule has 3 N–H and O–H groups in total. The van der Waals surface area contributed by atoms with Gasteiger partial charge in [-0.05, 0) is 31.0 Å². The molecule has 0 radical (unpaired) electrons. The maximum Gasteiger partial charge on any atom is 0.242 e. The van der Waals surface area contributed by atoms with E-state index in [1.165, 1.54) is 18.4 Å². The van der Waals surface area contributed by atoms with E-state index in [4.69, 9.17) is 0 Å². The summed E-state index contributed by atoms with van der Waals surface area (Å²) in [6, 6.07) is 16.2. The van der Waals surface area contributed by atoms with Crippen molar-refractivity contribution in [1.29, 1.82) is 0 Å². The molecule has 0 aromatic heterocycles. The summed E-state index contributed by atoms with van der Waals surface area (Å²) in [6.07, 6.45) is 0. The minimum Gasteiger partial charge on any atom is -0.384 e. The largest absolute Gasteiger partial charge is 0.384 e. The number of halogens is 1. The predicted molar refractivity (Wildman–Crippen MR) is 132 cm³/mol. The van der Waals surface area contributed by atoms with E-state index < -0.39 is 15.6 Å². The first-order valence-electron chi connectivity index (χ1n) is 9.49. The highest BCUT2D eigenvalue weighted by atomic mass is 127. The third-order valence-corrected chi connectivity index (χ3v) is 6.39. The van der Waals surface area contributed by atoms with Crippen LogP contribution in [0.4, 0.5) is 0 Å². The smallest absolute Gasteiger partial charge is 0.242 e. The summed E-state index contributed by atoms with van der Waals surface area (Å²) in [5.41, 5.74) is 0.322. The van der Waals surface area contributed by atoms with Crippen molar-refractivity contribution in [1.82, 2.24) is 14.9 Å². The Bertz CT molecular complexity index is 932. The summed E-state index contributed by atoms with van der Waals surface area (Å²) in [5, 5.41) is 17.0. The SMILES string of the molecule is CCNC(=NCc1ccccc1S(=O)(=O)N(C)C)NCC(C)(O)c1ccccc1.I. The monoisotopic (exact) mass is 546 g/mol. The first kappa shape index (κ1) is 26.3. The van der Waals surface area contributed by atoms with Crippen LogP contribution in [-0.4, -0.2) is 51.0 Å². The van der Waals surface area contributed by atoms with Crippen LogP contribution in [0.25, 0.3) is 0 Å². The van der Waals surface area contributed by atoms with Crippen molar-refractivity contribution >= 4 is 40.0 Å². The molecule has 1 atom stereocenters. The van der Waals surface area contributed by atoms with Crippen LogP contribution < -0.4 is 10.6 Å². The van der Waals surface area contributed by atoms with Crippen LogP contribution in [0.5, 0.6) is 0 Å². The van der Waals surface area contributed by atoms with E-state index in [1.807, 2.05) is 37.3 Å². The second-order valence-corrected chi connectivity index (χ2v) is 9.20. The predicted octanol–water partition coefficient (Wildman–Crippen LogP) is 2.52. The second-order valence-electron chi connectivity index (χ2n) is 7.08. The average molecular weight is 546 g/mol. The lowest BCUT2D eigenvalue weighted by atomic mass is 9.96. The van der Waals surface area contributed by atoms with Crippen molar-refractivity contribution in [3.63, 3.8) is 0 Å². The van der Waals surface area contributed by atoms with E-state index in [0.29, 0.717) is 18.1 Å². The third-order valence-electron chi connectivity index (χ3n) is 4.48. The molecule has 0 amide bonds. The Morgan fingerprint density at radius 1 is 1.07 bits per heavy atom. The van der Waals surface area contributed by atoms with Gasteiger partial charge >= 0.3 is 0 Å². The molecule has 0 aliphatic carbocycles. The molecule has 2 aromatic rings. The Morgan fingerprint density at radius 2 is 1.67 bits per heavy atom. The number of sulfonamides is 1. The average Bonchev–Trinajstić information content (AvgIpc) is 2.71. The Kier molecular flexibility index (Phi) is 10.2. The number of aliphatic hydroxyl groups is 1. The first-order chi connectivity index (χ1) is 13.7. The lowest BCUT2D eigenvalue weighted by Crippen LogP contribution is -2.44. The van der Waals surface area contributed by atoms with Gasteiger partial charge in [0.1, 0.15) is 5.60 Å². The molecule has 9 heteroatoms. The van der Waals surface area contributed by atoms with Gasteiger partial charge in [0.2, 0.25) is 10.0 Å². The molecule has 0 aliphatic heterocycles. The van der Waals surface area contributed by atoms with Crippen LogP contribution in [0.1, 0.15) is 25.0 Å². The fourth-order valence-electron chi connectivity index (χ4n) is 2.74. The van der Waals surface area contributed by atoms with Crippen LogP contribution in [0.3, 0.4) is 0 Å². The van der Waals surface area contributed by atoms with Gasteiger partial charge in [0.15, 0.2) is 5.96 Å². The minimum absolute atomic E-state index is 0. The summed E-state index contributed by atoms with van der Waals surface area (Å²) >= 11 is 0. The van der Waals surface area contributed by atoms with Crippen LogP contribution in [-0.2, 0) is 22.2 Å². The third kappa shape index (κ3) is 6.93. The van der Waals surface area contributed by atoms with Crippen LogP contribution in [0.15, 0.2) is 64.5 Å². The number of hydrogen-bond acceptors (Lipinski definition) is 4. The van der Waals surface area contributed by atoms with Crippen molar-refractivity contribution in [3.05, 3.63) is 65.7 Å². The number of nitrogens with one attached hydrogen (secondary N) is 2. The molecule has 0 saturated carbocycles. The van der Waals surface area contributed by atoms with Gasteiger partial charge < -0.3 is 15.7 Å². The van der Waals surface area contributed by atoms with Gasteiger partial charge in [0, 0.05) is 20.6 Å². The highest BCUT2D eigenvalue weighted by molar-refractivity contribution is 14.0. The number of nitrogens with zero attached hydrogens (tertiary/aromatic N) is 2. The van der Waals surface area contributed by atoms with Crippen molar-refractivity contribution in [3.8, 4) is 0 Å². The van der Waals surface area contributed by atoms with E-state index in [9.17, 15) is 13.5 Å². The molecule has 7 nitrogen and oxygen atoms in total. The van der Waals surface area contributed by atoms with Crippen LogP contribution in [0, 0.1) is 0 Å². The zero-order valence-corrected chi connectivity index (χ0v) is 20.9. The number of rotatable bonds is 8. The highest BCUT2D eigenvalue weighted by Gasteiger charge is 2.23. The maximum absolute atomic E-state index is 12.6. The Balaban J connectivity index is 0.00000450. The molecule has 0 heterocycles. The van der Waals surface area contributed by atoms with Gasteiger partial charge in [0.05, 0.1) is 18.0 Å². The van der Waals surface area contributed by atoms with Gasteiger partial charge in [-0.15, -0.1) is 24.0 Å². The fourth-order valence-corrected chi connectivity index (χ4v) is 3.85. The summed E-state index contributed by atoms with van der Waals surface area (Å²) in [4.78, 5) is 4.75. The summed E-state index contributed by atoms with van der Waals surface area (Å²) in [7, 11) is -0.543. The summed E-state index contributed by atoms with van der Waals surface area (Å²) in [5.74, 6) is 0.501. The molecule has 1 unspecified atom stereocenters. The van der Waals surface area contributed by atoms with Crippen LogP contribution >= 0.6 is 24.0 Å². The molecule has 2 aromatic carbocycles. The normalized spacial score (nSPS) is 14.0. The van der Waals surface area contributed by atoms with Gasteiger partial charge in [-0.25, -0.2) is 17.7 Å². The Hall–Kier alpha value is -1.69. The zero-order valence-electron chi connectivity index (χ0n) is 17.8. The standard InChI is InChI=1S/C21H30N4O3S.HI/c1-5-22-20(24-16-21(2,26)18-12-7-6-8-13-18)23-15-17-11-9-10-14-19(17)29(27,28)25(3)4;/h6-14,26H,5,15-16H2,1-4H3,(H2,22,23,24);1H. The molecule has 0 spiro atoms. The van der Waals surface area contributed by atoms with E-state index in [-0.39, 0.29) is 42.0 Å². The van der Waals surface area contributed by atoms with E-state index in [1.54, 1.807) is 31.2 Å². The molecular formula is C21H31IN4O3S. The van der Waals surface area contributed by atoms with Crippen molar-refractivity contribution < 1.29 is 13.5 Å². The minimum atomic E-state index is -3.56. The summed E-state index contributed by atoms with van der Waals surface area (Å²) in [6.45, 7) is 4.75. The highest BCUT2D eigenvalue weighted by Crippen LogP contribution is 2.20. The zero-order chi connectivity index (χ0) is 21.5. The van der Waals surface area contributed by atoms with Gasteiger partial charge in [-0.2, -0.15) is 0 Å². The number of hydrogen-bond donors (Lipinski definition) is 3. The molecular weight excluding hydrogens is 515 g/mol. The molecule has 0 fully saturated rings. The van der Waals surface area contributed by atoms with Crippen molar-refractivity contribution in [2.45, 2.75) is 30.9 Å². The molecule has 166 valence electrons. The lowest BCUT2D eigenvalue weighted by Gasteiger charge is -2.25. The van der Waals surface area contributed by atoms with Crippen LogP contribution in [0.2, 0.25) is 0 Å². The molecule has 0 saturated heterocycles. The lowest BCUT2D eigenvalue weighted by molar-refractivity contribution is 0.0617. The Morgan fingerprint density at radius 3 is 2.27 bits per heavy atom. The topological polar surface area (TPSA) is 94.0 Å². The first-order valence-corrected chi connectivity index (χ1v) is 10.9. The number of guanidine groups is 1. The van der Waals surface area contributed by atoms with Gasteiger partial charge in [0.25, 0.3) is 0 Å². The van der Waals surface area contributed by atoms with E-state index in [2.05, 4.69) is 15.6 Å².